The van der Waals surface area contributed by atoms with Crippen molar-refractivity contribution >= 4 is 11.6 Å². The summed E-state index contributed by atoms with van der Waals surface area (Å²) in [5.74, 6) is 0.296. The molecule has 128 valence electrons. The Kier molecular flexibility index (Phi) is 4.57. The number of aromatic hydroxyl groups is 1. The Hall–Kier alpha value is -3.08. The number of aromatic amines is 1. The van der Waals surface area contributed by atoms with Crippen molar-refractivity contribution in [3.8, 4) is 17.0 Å². The SMILES string of the molecule is Cc1cc(NC(=O)c2cc(-c3ccccc3O)n[nH]2)ccc1C(C)C. The fraction of sp³-hybridized carbons (Fsp3) is 0.200. The molecule has 1 heterocycles. The Labute approximate surface area is 146 Å². The molecule has 25 heavy (non-hydrogen) atoms. The molecule has 0 spiro atoms. The highest BCUT2D eigenvalue weighted by molar-refractivity contribution is 6.03. The highest BCUT2D eigenvalue weighted by Crippen LogP contribution is 2.27. The average Bonchev–Trinajstić information content (AvgIpc) is 3.05. The number of H-pyrrole nitrogens is 1. The third-order valence-electron chi connectivity index (χ3n) is 4.15. The van der Waals surface area contributed by atoms with Crippen LogP contribution in [0.5, 0.6) is 5.75 Å². The van der Waals surface area contributed by atoms with Gasteiger partial charge in [-0.3, -0.25) is 9.89 Å². The summed E-state index contributed by atoms with van der Waals surface area (Å²) in [6, 6.07) is 14.4. The molecule has 0 aliphatic rings. The minimum absolute atomic E-state index is 0.126. The molecule has 3 N–H and O–H groups in total. The number of rotatable bonds is 4. The van der Waals surface area contributed by atoms with Crippen molar-refractivity contribution < 1.29 is 9.90 Å². The maximum Gasteiger partial charge on any atom is 0.273 e. The first-order valence-corrected chi connectivity index (χ1v) is 8.21. The Bertz CT molecular complexity index is 913. The molecule has 0 aliphatic carbocycles. The molecule has 0 fully saturated rings. The summed E-state index contributed by atoms with van der Waals surface area (Å²) in [5, 5.41) is 19.6. The Morgan fingerprint density at radius 2 is 1.92 bits per heavy atom. The number of hydrogen-bond acceptors (Lipinski definition) is 3. The predicted octanol–water partition coefficient (Wildman–Crippen LogP) is 4.47. The third-order valence-corrected chi connectivity index (χ3v) is 4.15. The van der Waals surface area contributed by atoms with Crippen molar-refractivity contribution in [2.45, 2.75) is 26.7 Å². The zero-order chi connectivity index (χ0) is 18.0. The molecule has 0 bridgehead atoms. The molecule has 2 aromatic carbocycles. The van der Waals surface area contributed by atoms with Gasteiger partial charge in [-0.2, -0.15) is 5.10 Å². The first kappa shape index (κ1) is 16.8. The summed E-state index contributed by atoms with van der Waals surface area (Å²) < 4.78 is 0. The molecule has 0 aliphatic heterocycles. The van der Waals surface area contributed by atoms with E-state index >= 15 is 0 Å². The number of aryl methyl sites for hydroxylation is 1. The summed E-state index contributed by atoms with van der Waals surface area (Å²) in [5.41, 5.74) is 4.59. The molecule has 3 rings (SSSR count). The molecule has 0 atom stereocenters. The molecule has 0 unspecified atom stereocenters. The van der Waals surface area contributed by atoms with Crippen LogP contribution in [0.3, 0.4) is 0 Å². The van der Waals surface area contributed by atoms with Crippen LogP contribution in [0, 0.1) is 6.92 Å². The number of carbonyl (C=O) groups excluding carboxylic acids is 1. The Morgan fingerprint density at radius 3 is 2.60 bits per heavy atom. The summed E-state index contributed by atoms with van der Waals surface area (Å²) in [6.07, 6.45) is 0. The van der Waals surface area contributed by atoms with Crippen LogP contribution in [0.1, 0.15) is 41.4 Å². The summed E-state index contributed by atoms with van der Waals surface area (Å²) >= 11 is 0. The van der Waals surface area contributed by atoms with Crippen LogP contribution in [0.4, 0.5) is 5.69 Å². The molecule has 3 aromatic rings. The number of nitrogens with one attached hydrogen (secondary N) is 2. The van der Waals surface area contributed by atoms with Gasteiger partial charge in [0.05, 0.1) is 5.69 Å². The topological polar surface area (TPSA) is 78.0 Å². The number of nitrogens with zero attached hydrogens (tertiary/aromatic N) is 1. The van der Waals surface area contributed by atoms with E-state index in [2.05, 4.69) is 29.4 Å². The standard InChI is InChI=1S/C20H21N3O2/c1-12(2)15-9-8-14(10-13(15)3)21-20(25)18-11-17(22-23-18)16-6-4-5-7-19(16)24/h4-12,24H,1-3H3,(H,21,25)(H,22,23). The number of benzene rings is 2. The van der Waals surface area contributed by atoms with Gasteiger partial charge in [-0.05, 0) is 54.3 Å². The maximum absolute atomic E-state index is 12.4. The summed E-state index contributed by atoms with van der Waals surface area (Å²) in [7, 11) is 0. The van der Waals surface area contributed by atoms with Crippen molar-refractivity contribution in [1.82, 2.24) is 10.2 Å². The number of hydrogen-bond donors (Lipinski definition) is 3. The molecule has 0 saturated heterocycles. The second-order valence-electron chi connectivity index (χ2n) is 6.36. The fourth-order valence-electron chi connectivity index (χ4n) is 2.87. The monoisotopic (exact) mass is 335 g/mol. The predicted molar refractivity (Wildman–Crippen MR) is 98.9 cm³/mol. The van der Waals surface area contributed by atoms with Gasteiger partial charge in [0.2, 0.25) is 0 Å². The van der Waals surface area contributed by atoms with E-state index in [1.165, 1.54) is 5.56 Å². The third kappa shape index (κ3) is 3.55. The molecule has 1 aromatic heterocycles. The zero-order valence-electron chi connectivity index (χ0n) is 14.5. The number of phenols is 1. The molecule has 1 amide bonds. The van der Waals surface area contributed by atoms with Gasteiger partial charge < -0.3 is 10.4 Å². The lowest BCUT2D eigenvalue weighted by Crippen LogP contribution is -2.12. The first-order valence-electron chi connectivity index (χ1n) is 8.21. The van der Waals surface area contributed by atoms with Crippen molar-refractivity contribution in [3.05, 3.63) is 65.4 Å². The number of carbonyl (C=O) groups is 1. The van der Waals surface area contributed by atoms with E-state index in [1.807, 2.05) is 31.2 Å². The molecule has 5 nitrogen and oxygen atoms in total. The first-order chi connectivity index (χ1) is 12.0. The van der Waals surface area contributed by atoms with E-state index in [9.17, 15) is 9.90 Å². The smallest absolute Gasteiger partial charge is 0.273 e. The van der Waals surface area contributed by atoms with Crippen LogP contribution < -0.4 is 5.32 Å². The van der Waals surface area contributed by atoms with Crippen LogP contribution >= 0.6 is 0 Å². The zero-order valence-corrected chi connectivity index (χ0v) is 14.5. The largest absolute Gasteiger partial charge is 0.507 e. The fourth-order valence-corrected chi connectivity index (χ4v) is 2.87. The molecular formula is C20H21N3O2. The van der Waals surface area contributed by atoms with Crippen LogP contribution in [-0.2, 0) is 0 Å². The van der Waals surface area contributed by atoms with Crippen molar-refractivity contribution in [2.75, 3.05) is 5.32 Å². The quantitative estimate of drug-likeness (QED) is 0.658. The van der Waals surface area contributed by atoms with E-state index in [1.54, 1.807) is 24.3 Å². The molecule has 0 radical (unpaired) electrons. The highest BCUT2D eigenvalue weighted by Gasteiger charge is 2.14. The maximum atomic E-state index is 12.4. The number of amides is 1. The molecular weight excluding hydrogens is 314 g/mol. The van der Waals surface area contributed by atoms with Gasteiger partial charge in [0, 0.05) is 11.3 Å². The second kappa shape index (κ2) is 6.81. The summed E-state index contributed by atoms with van der Waals surface area (Å²) in [6.45, 7) is 6.33. The van der Waals surface area contributed by atoms with E-state index in [-0.39, 0.29) is 11.7 Å². The van der Waals surface area contributed by atoms with E-state index in [0.717, 1.165) is 11.3 Å². The van der Waals surface area contributed by atoms with Gasteiger partial charge in [-0.1, -0.05) is 32.0 Å². The Balaban J connectivity index is 1.79. The lowest BCUT2D eigenvalue weighted by atomic mass is 9.98. The van der Waals surface area contributed by atoms with E-state index in [4.69, 9.17) is 0 Å². The lowest BCUT2D eigenvalue weighted by Gasteiger charge is -2.11. The lowest BCUT2D eigenvalue weighted by molar-refractivity contribution is 0.102. The Morgan fingerprint density at radius 1 is 1.16 bits per heavy atom. The normalized spacial score (nSPS) is 10.9. The number of phenolic OH excluding ortho intramolecular Hbond substituents is 1. The van der Waals surface area contributed by atoms with Crippen LogP contribution in [0.2, 0.25) is 0 Å². The van der Waals surface area contributed by atoms with Crippen LogP contribution in [-0.4, -0.2) is 21.2 Å². The van der Waals surface area contributed by atoms with Gasteiger partial charge >= 0.3 is 0 Å². The highest BCUT2D eigenvalue weighted by atomic mass is 16.3. The molecule has 0 saturated carbocycles. The van der Waals surface area contributed by atoms with E-state index in [0.29, 0.717) is 22.9 Å². The molecule has 5 heteroatoms. The average molecular weight is 335 g/mol. The van der Waals surface area contributed by atoms with Crippen molar-refractivity contribution in [2.24, 2.45) is 0 Å². The summed E-state index contributed by atoms with van der Waals surface area (Å²) in [4.78, 5) is 12.4. The van der Waals surface area contributed by atoms with Gasteiger partial charge in [-0.15, -0.1) is 0 Å². The van der Waals surface area contributed by atoms with Gasteiger partial charge in [-0.25, -0.2) is 0 Å². The van der Waals surface area contributed by atoms with Crippen LogP contribution in [0.15, 0.2) is 48.5 Å². The van der Waals surface area contributed by atoms with Crippen molar-refractivity contribution in [3.63, 3.8) is 0 Å². The second-order valence-corrected chi connectivity index (χ2v) is 6.36. The number of aromatic nitrogens is 2. The van der Waals surface area contributed by atoms with Crippen LogP contribution in [0.25, 0.3) is 11.3 Å². The minimum Gasteiger partial charge on any atom is -0.507 e. The van der Waals surface area contributed by atoms with E-state index < -0.39 is 0 Å². The van der Waals surface area contributed by atoms with Crippen molar-refractivity contribution in [1.29, 1.82) is 0 Å². The minimum atomic E-state index is -0.272. The number of para-hydroxylation sites is 1. The van der Waals surface area contributed by atoms with Gasteiger partial charge in [0.25, 0.3) is 5.91 Å². The van der Waals surface area contributed by atoms with Gasteiger partial charge in [0.1, 0.15) is 11.4 Å². The number of anilines is 1. The van der Waals surface area contributed by atoms with Gasteiger partial charge in [0.15, 0.2) is 0 Å².